The minimum absolute atomic E-state index is 0.118. The molecule has 1 aromatic carbocycles. The molecule has 1 N–H and O–H groups in total. The Labute approximate surface area is 148 Å². The molecule has 0 aromatic heterocycles. The van der Waals surface area contributed by atoms with Crippen molar-refractivity contribution in [3.05, 3.63) is 30.1 Å². The van der Waals surface area contributed by atoms with E-state index in [4.69, 9.17) is 4.74 Å². The lowest BCUT2D eigenvalue weighted by molar-refractivity contribution is -0.126. The molecule has 0 unspecified atom stereocenters. The van der Waals surface area contributed by atoms with Gasteiger partial charge in [0.05, 0.1) is 18.2 Å². The Morgan fingerprint density at radius 2 is 2.08 bits per heavy atom. The van der Waals surface area contributed by atoms with E-state index in [2.05, 4.69) is 5.32 Å². The van der Waals surface area contributed by atoms with Gasteiger partial charge in [-0.15, -0.1) is 0 Å². The zero-order chi connectivity index (χ0) is 18.3. The number of rotatable bonds is 8. The van der Waals surface area contributed by atoms with Gasteiger partial charge in [0.25, 0.3) is 0 Å². The lowest BCUT2D eigenvalue weighted by atomic mass is 9.99. The average Bonchev–Trinajstić information content (AvgIpc) is 2.60. The molecule has 1 atom stereocenters. The first-order valence-corrected chi connectivity index (χ1v) is 10.2. The van der Waals surface area contributed by atoms with Crippen LogP contribution in [-0.2, 0) is 14.8 Å². The average molecular weight is 372 g/mol. The topological polar surface area (TPSA) is 75.7 Å². The zero-order valence-electron chi connectivity index (χ0n) is 14.4. The highest BCUT2D eigenvalue weighted by atomic mass is 32.2. The lowest BCUT2D eigenvalue weighted by Gasteiger charge is -2.31. The monoisotopic (exact) mass is 372 g/mol. The fraction of sp³-hybridized carbons (Fsp3) is 0.588. The zero-order valence-corrected chi connectivity index (χ0v) is 15.2. The van der Waals surface area contributed by atoms with Gasteiger partial charge in [0.2, 0.25) is 15.9 Å². The largest absolute Gasteiger partial charge is 0.492 e. The summed E-state index contributed by atoms with van der Waals surface area (Å²) in [6.45, 7) is 3.13. The summed E-state index contributed by atoms with van der Waals surface area (Å²) in [7, 11) is -3.27. The van der Waals surface area contributed by atoms with Gasteiger partial charge >= 0.3 is 0 Å². The Morgan fingerprint density at radius 3 is 2.76 bits per heavy atom. The SMILES string of the molecule is CCCS(=O)(=O)N1CCC[C@H](C(=O)NCCOc2ccc(F)cc2)C1. The van der Waals surface area contributed by atoms with Crippen LogP contribution in [-0.4, -0.2) is 50.6 Å². The van der Waals surface area contributed by atoms with E-state index in [9.17, 15) is 17.6 Å². The van der Waals surface area contributed by atoms with Gasteiger partial charge in [-0.1, -0.05) is 6.92 Å². The molecule has 0 bridgehead atoms. The second-order valence-electron chi connectivity index (χ2n) is 6.11. The molecule has 1 aliphatic rings. The highest BCUT2D eigenvalue weighted by Gasteiger charge is 2.31. The number of piperidine rings is 1. The van der Waals surface area contributed by atoms with Gasteiger partial charge in [-0.2, -0.15) is 0 Å². The number of nitrogens with zero attached hydrogens (tertiary/aromatic N) is 1. The first kappa shape index (κ1) is 19.7. The van der Waals surface area contributed by atoms with Crippen molar-refractivity contribution in [1.29, 1.82) is 0 Å². The van der Waals surface area contributed by atoms with Crippen LogP contribution >= 0.6 is 0 Å². The Hall–Kier alpha value is -1.67. The number of sulfonamides is 1. The van der Waals surface area contributed by atoms with E-state index in [1.54, 1.807) is 0 Å². The maximum Gasteiger partial charge on any atom is 0.224 e. The van der Waals surface area contributed by atoms with E-state index in [0.717, 1.165) is 0 Å². The molecule has 25 heavy (non-hydrogen) atoms. The normalized spacial score (nSPS) is 18.7. The molecule has 0 spiro atoms. The van der Waals surface area contributed by atoms with Crippen molar-refractivity contribution in [1.82, 2.24) is 9.62 Å². The van der Waals surface area contributed by atoms with Crippen molar-refractivity contribution in [2.75, 3.05) is 32.0 Å². The first-order chi connectivity index (χ1) is 11.9. The molecule has 1 aromatic rings. The third-order valence-corrected chi connectivity index (χ3v) is 6.14. The van der Waals surface area contributed by atoms with Gasteiger partial charge < -0.3 is 10.1 Å². The summed E-state index contributed by atoms with van der Waals surface area (Å²) in [5.74, 6) is -0.164. The summed E-state index contributed by atoms with van der Waals surface area (Å²) >= 11 is 0. The van der Waals surface area contributed by atoms with Gasteiger partial charge in [-0.05, 0) is 43.5 Å². The number of benzene rings is 1. The number of nitrogens with one attached hydrogen (secondary N) is 1. The van der Waals surface area contributed by atoms with Crippen LogP contribution in [0.4, 0.5) is 4.39 Å². The van der Waals surface area contributed by atoms with Crippen LogP contribution in [0.1, 0.15) is 26.2 Å². The summed E-state index contributed by atoms with van der Waals surface area (Å²) in [6.07, 6.45) is 1.94. The summed E-state index contributed by atoms with van der Waals surface area (Å²) in [4.78, 5) is 12.2. The third-order valence-electron chi connectivity index (χ3n) is 4.09. The number of halogens is 1. The van der Waals surface area contributed by atoms with E-state index in [-0.39, 0.29) is 36.5 Å². The molecule has 2 rings (SSSR count). The fourth-order valence-electron chi connectivity index (χ4n) is 2.81. The number of carbonyl (C=O) groups excluding carboxylic acids is 1. The number of hydrogen-bond donors (Lipinski definition) is 1. The van der Waals surface area contributed by atoms with Crippen LogP contribution in [0.25, 0.3) is 0 Å². The Kier molecular flexibility index (Phi) is 7.19. The number of carbonyl (C=O) groups is 1. The van der Waals surface area contributed by atoms with Crippen LogP contribution in [0.15, 0.2) is 24.3 Å². The van der Waals surface area contributed by atoms with Gasteiger partial charge in [0, 0.05) is 13.1 Å². The van der Waals surface area contributed by atoms with Crippen LogP contribution in [0.2, 0.25) is 0 Å². The summed E-state index contributed by atoms with van der Waals surface area (Å²) in [6, 6.07) is 5.66. The molecule has 1 amide bonds. The molecule has 8 heteroatoms. The third kappa shape index (κ3) is 5.97. The maximum absolute atomic E-state index is 12.8. The minimum atomic E-state index is -3.27. The number of amides is 1. The molecule has 0 radical (unpaired) electrons. The van der Waals surface area contributed by atoms with Crippen molar-refractivity contribution < 1.29 is 22.3 Å². The van der Waals surface area contributed by atoms with Crippen LogP contribution in [0.5, 0.6) is 5.75 Å². The predicted octanol–water partition coefficient (Wildman–Crippen LogP) is 1.77. The van der Waals surface area contributed by atoms with Gasteiger partial charge in [-0.25, -0.2) is 17.1 Å². The molecule has 6 nitrogen and oxygen atoms in total. The highest BCUT2D eigenvalue weighted by molar-refractivity contribution is 7.89. The van der Waals surface area contributed by atoms with Crippen LogP contribution in [0, 0.1) is 11.7 Å². The van der Waals surface area contributed by atoms with Crippen molar-refractivity contribution in [2.24, 2.45) is 5.92 Å². The van der Waals surface area contributed by atoms with Crippen molar-refractivity contribution in [2.45, 2.75) is 26.2 Å². The van der Waals surface area contributed by atoms with Crippen LogP contribution in [0.3, 0.4) is 0 Å². The van der Waals surface area contributed by atoms with E-state index in [0.29, 0.717) is 38.1 Å². The molecule has 1 saturated heterocycles. The molecular weight excluding hydrogens is 347 g/mol. The smallest absolute Gasteiger partial charge is 0.224 e. The quantitative estimate of drug-likeness (QED) is 0.706. The summed E-state index contributed by atoms with van der Waals surface area (Å²) < 4.78 is 43.9. The summed E-state index contributed by atoms with van der Waals surface area (Å²) in [5, 5.41) is 2.78. The van der Waals surface area contributed by atoms with Crippen molar-refractivity contribution in [3.63, 3.8) is 0 Å². The molecule has 140 valence electrons. The predicted molar refractivity (Wildman–Crippen MR) is 93.3 cm³/mol. The van der Waals surface area contributed by atoms with Crippen molar-refractivity contribution in [3.8, 4) is 5.75 Å². The van der Waals surface area contributed by atoms with E-state index >= 15 is 0 Å². The van der Waals surface area contributed by atoms with E-state index < -0.39 is 10.0 Å². The molecule has 0 saturated carbocycles. The fourth-order valence-corrected chi connectivity index (χ4v) is 4.40. The maximum atomic E-state index is 12.8. The van der Waals surface area contributed by atoms with Crippen molar-refractivity contribution >= 4 is 15.9 Å². The highest BCUT2D eigenvalue weighted by Crippen LogP contribution is 2.20. The lowest BCUT2D eigenvalue weighted by Crippen LogP contribution is -2.46. The molecular formula is C17H25FN2O4S. The second kappa shape index (κ2) is 9.15. The number of hydrogen-bond acceptors (Lipinski definition) is 4. The van der Waals surface area contributed by atoms with E-state index in [1.807, 2.05) is 6.92 Å². The van der Waals surface area contributed by atoms with E-state index in [1.165, 1.54) is 28.6 Å². The molecule has 1 heterocycles. The Morgan fingerprint density at radius 1 is 1.36 bits per heavy atom. The van der Waals surface area contributed by atoms with Gasteiger partial charge in [-0.3, -0.25) is 4.79 Å². The molecule has 0 aliphatic carbocycles. The molecule has 1 fully saturated rings. The second-order valence-corrected chi connectivity index (χ2v) is 8.20. The Bertz CT molecular complexity index is 664. The number of ether oxygens (including phenoxy) is 1. The van der Waals surface area contributed by atoms with Gasteiger partial charge in [0.15, 0.2) is 0 Å². The van der Waals surface area contributed by atoms with Crippen LogP contribution < -0.4 is 10.1 Å². The van der Waals surface area contributed by atoms with Gasteiger partial charge in [0.1, 0.15) is 18.2 Å². The summed E-state index contributed by atoms with van der Waals surface area (Å²) in [5.41, 5.74) is 0. The Balaban J connectivity index is 1.75. The first-order valence-electron chi connectivity index (χ1n) is 8.56. The minimum Gasteiger partial charge on any atom is -0.492 e. The molecule has 1 aliphatic heterocycles. The standard InChI is InChI=1S/C17H25FN2O4S/c1-2-12-25(22,23)20-10-3-4-14(13-20)17(21)19-9-11-24-16-7-5-15(18)6-8-16/h5-8,14H,2-4,9-13H2,1H3,(H,19,21)/t14-/m0/s1.